The van der Waals surface area contributed by atoms with Crippen molar-refractivity contribution < 1.29 is 13.6 Å². The van der Waals surface area contributed by atoms with Gasteiger partial charge in [-0.25, -0.2) is 13.8 Å². The zero-order valence-corrected chi connectivity index (χ0v) is 11.3. The summed E-state index contributed by atoms with van der Waals surface area (Å²) in [5, 5.41) is 0. The Morgan fingerprint density at radius 3 is 2.76 bits per heavy atom. The first-order valence-corrected chi connectivity index (χ1v) is 6.46. The summed E-state index contributed by atoms with van der Waals surface area (Å²) in [6.45, 7) is 1.70. The van der Waals surface area contributed by atoms with E-state index < -0.39 is 17.4 Å². The third-order valence-electron chi connectivity index (χ3n) is 3.38. The lowest BCUT2D eigenvalue weighted by atomic mass is 10.1. The quantitative estimate of drug-likeness (QED) is 0.691. The lowest BCUT2D eigenvalue weighted by molar-refractivity contribution is 0.0968. The Morgan fingerprint density at radius 1 is 1.19 bits per heavy atom. The molecule has 0 aliphatic carbocycles. The van der Waals surface area contributed by atoms with Crippen molar-refractivity contribution in [1.29, 1.82) is 0 Å². The number of fused-ring (bicyclic) bond motifs is 1. The number of Topliss-reactive ketones (excluding diaryl/α,β-unsaturated/α-hetero) is 1. The minimum absolute atomic E-state index is 0.0767. The van der Waals surface area contributed by atoms with Crippen LogP contribution in [0.4, 0.5) is 8.78 Å². The first-order valence-electron chi connectivity index (χ1n) is 6.46. The van der Waals surface area contributed by atoms with E-state index in [9.17, 15) is 13.6 Å². The standard InChI is InChI=1S/C16H12F2N2O/c1-10-19-14-4-2-3-5-15(14)20(10)9-16(21)12-8-11(17)6-7-13(12)18/h2-8H,9H2,1H3. The minimum Gasteiger partial charge on any atom is -0.320 e. The van der Waals surface area contributed by atoms with Crippen LogP contribution in [0.15, 0.2) is 42.5 Å². The van der Waals surface area contributed by atoms with Gasteiger partial charge in [0.1, 0.15) is 17.5 Å². The number of imidazole rings is 1. The zero-order chi connectivity index (χ0) is 15.0. The summed E-state index contributed by atoms with van der Waals surface area (Å²) in [6, 6.07) is 10.2. The van der Waals surface area contributed by atoms with E-state index in [1.54, 1.807) is 11.5 Å². The molecular weight excluding hydrogens is 274 g/mol. The van der Waals surface area contributed by atoms with E-state index in [-0.39, 0.29) is 12.1 Å². The molecule has 5 heteroatoms. The third kappa shape index (κ3) is 2.42. The molecule has 106 valence electrons. The number of aryl methyl sites for hydroxylation is 1. The van der Waals surface area contributed by atoms with Gasteiger partial charge in [-0.05, 0) is 37.3 Å². The molecule has 3 rings (SSSR count). The molecule has 0 aliphatic rings. The fourth-order valence-corrected chi connectivity index (χ4v) is 2.34. The van der Waals surface area contributed by atoms with Gasteiger partial charge in [0.05, 0.1) is 23.1 Å². The number of benzene rings is 2. The van der Waals surface area contributed by atoms with Gasteiger partial charge in [0.15, 0.2) is 5.78 Å². The van der Waals surface area contributed by atoms with Crippen molar-refractivity contribution in [3.63, 3.8) is 0 Å². The number of halogens is 2. The van der Waals surface area contributed by atoms with Crippen LogP contribution in [0.3, 0.4) is 0 Å². The second-order valence-corrected chi connectivity index (χ2v) is 4.78. The second kappa shape index (κ2) is 5.09. The number of carbonyl (C=O) groups is 1. The monoisotopic (exact) mass is 286 g/mol. The lowest BCUT2D eigenvalue weighted by Gasteiger charge is -2.07. The maximum absolute atomic E-state index is 13.7. The highest BCUT2D eigenvalue weighted by Gasteiger charge is 2.16. The van der Waals surface area contributed by atoms with Crippen molar-refractivity contribution in [2.45, 2.75) is 13.5 Å². The van der Waals surface area contributed by atoms with E-state index in [2.05, 4.69) is 4.98 Å². The van der Waals surface area contributed by atoms with Crippen LogP contribution in [-0.2, 0) is 6.54 Å². The van der Waals surface area contributed by atoms with E-state index in [1.807, 2.05) is 24.3 Å². The Labute approximate surface area is 119 Å². The van der Waals surface area contributed by atoms with Crippen molar-refractivity contribution >= 4 is 16.8 Å². The van der Waals surface area contributed by atoms with Crippen molar-refractivity contribution in [1.82, 2.24) is 9.55 Å². The van der Waals surface area contributed by atoms with Gasteiger partial charge >= 0.3 is 0 Å². The van der Waals surface area contributed by atoms with Gasteiger partial charge in [-0.1, -0.05) is 12.1 Å². The molecule has 0 atom stereocenters. The molecule has 0 aliphatic heterocycles. The Balaban J connectivity index is 2.00. The number of carbonyl (C=O) groups excluding carboxylic acids is 1. The number of rotatable bonds is 3. The predicted molar refractivity (Wildman–Crippen MR) is 75.2 cm³/mol. The van der Waals surface area contributed by atoms with Crippen LogP contribution in [0.1, 0.15) is 16.2 Å². The number of nitrogens with zero attached hydrogens (tertiary/aromatic N) is 2. The number of ketones is 1. The summed E-state index contributed by atoms with van der Waals surface area (Å²) >= 11 is 0. The van der Waals surface area contributed by atoms with Crippen LogP contribution in [-0.4, -0.2) is 15.3 Å². The molecule has 0 fully saturated rings. The Bertz CT molecular complexity index is 839. The van der Waals surface area contributed by atoms with Gasteiger partial charge in [-0.2, -0.15) is 0 Å². The molecule has 3 aromatic rings. The van der Waals surface area contributed by atoms with Gasteiger partial charge < -0.3 is 4.57 Å². The molecular formula is C16H12F2N2O. The van der Waals surface area contributed by atoms with E-state index in [0.717, 1.165) is 29.2 Å². The first-order chi connectivity index (χ1) is 10.1. The van der Waals surface area contributed by atoms with Crippen molar-refractivity contribution in [2.75, 3.05) is 0 Å². The van der Waals surface area contributed by atoms with E-state index >= 15 is 0 Å². The number of hydrogen-bond donors (Lipinski definition) is 0. The average Bonchev–Trinajstić information content (AvgIpc) is 2.78. The third-order valence-corrected chi connectivity index (χ3v) is 3.38. The highest BCUT2D eigenvalue weighted by Crippen LogP contribution is 2.17. The van der Waals surface area contributed by atoms with Gasteiger partial charge in [0, 0.05) is 0 Å². The van der Waals surface area contributed by atoms with Crippen LogP contribution in [0.2, 0.25) is 0 Å². The fraction of sp³-hybridized carbons (Fsp3) is 0.125. The Morgan fingerprint density at radius 2 is 1.95 bits per heavy atom. The molecule has 2 aromatic carbocycles. The number of hydrogen-bond acceptors (Lipinski definition) is 2. The van der Waals surface area contributed by atoms with E-state index in [1.165, 1.54) is 0 Å². The molecule has 1 aromatic heterocycles. The van der Waals surface area contributed by atoms with Gasteiger partial charge in [-0.3, -0.25) is 4.79 Å². The second-order valence-electron chi connectivity index (χ2n) is 4.78. The van der Waals surface area contributed by atoms with Crippen LogP contribution >= 0.6 is 0 Å². The predicted octanol–water partition coefficient (Wildman–Crippen LogP) is 3.51. The van der Waals surface area contributed by atoms with Gasteiger partial charge in [0.25, 0.3) is 0 Å². The molecule has 0 radical (unpaired) electrons. The van der Waals surface area contributed by atoms with Crippen molar-refractivity contribution in [2.24, 2.45) is 0 Å². The number of aromatic nitrogens is 2. The molecule has 0 saturated carbocycles. The molecule has 0 spiro atoms. The fourth-order valence-electron chi connectivity index (χ4n) is 2.34. The SMILES string of the molecule is Cc1nc2ccccc2n1CC(=O)c1cc(F)ccc1F. The number of para-hydroxylation sites is 2. The molecule has 3 nitrogen and oxygen atoms in total. The summed E-state index contributed by atoms with van der Waals surface area (Å²) in [5.74, 6) is -1.19. The van der Waals surface area contributed by atoms with Crippen molar-refractivity contribution in [3.05, 3.63) is 65.5 Å². The Hall–Kier alpha value is -2.56. The molecule has 0 N–H and O–H groups in total. The molecule has 21 heavy (non-hydrogen) atoms. The maximum Gasteiger partial charge on any atom is 0.185 e. The molecule has 0 saturated heterocycles. The summed E-state index contributed by atoms with van der Waals surface area (Å²) in [5.41, 5.74) is 1.31. The van der Waals surface area contributed by atoms with Crippen LogP contribution in [0.5, 0.6) is 0 Å². The van der Waals surface area contributed by atoms with E-state index in [0.29, 0.717) is 5.82 Å². The first kappa shape index (κ1) is 13.4. The molecule has 0 bridgehead atoms. The topological polar surface area (TPSA) is 34.9 Å². The molecule has 0 unspecified atom stereocenters. The highest BCUT2D eigenvalue weighted by atomic mass is 19.1. The van der Waals surface area contributed by atoms with Crippen molar-refractivity contribution in [3.8, 4) is 0 Å². The minimum atomic E-state index is -0.719. The normalized spacial score (nSPS) is 11.0. The largest absolute Gasteiger partial charge is 0.320 e. The Kier molecular flexibility index (Phi) is 3.25. The maximum atomic E-state index is 13.7. The van der Waals surface area contributed by atoms with Gasteiger partial charge in [-0.15, -0.1) is 0 Å². The summed E-state index contributed by atoms with van der Waals surface area (Å²) in [6.07, 6.45) is 0. The molecule has 0 amide bonds. The summed E-state index contributed by atoms with van der Waals surface area (Å²) in [4.78, 5) is 16.6. The van der Waals surface area contributed by atoms with Crippen LogP contribution in [0, 0.1) is 18.6 Å². The van der Waals surface area contributed by atoms with Crippen LogP contribution in [0.25, 0.3) is 11.0 Å². The van der Waals surface area contributed by atoms with Gasteiger partial charge in [0.2, 0.25) is 0 Å². The molecule has 1 heterocycles. The van der Waals surface area contributed by atoms with Crippen LogP contribution < -0.4 is 0 Å². The average molecular weight is 286 g/mol. The lowest BCUT2D eigenvalue weighted by Crippen LogP contribution is -2.13. The summed E-state index contributed by atoms with van der Waals surface area (Å²) < 4.78 is 28.5. The summed E-state index contributed by atoms with van der Waals surface area (Å²) in [7, 11) is 0. The zero-order valence-electron chi connectivity index (χ0n) is 11.3. The smallest absolute Gasteiger partial charge is 0.185 e. The van der Waals surface area contributed by atoms with E-state index in [4.69, 9.17) is 0 Å². The highest BCUT2D eigenvalue weighted by molar-refractivity contribution is 5.97.